The highest BCUT2D eigenvalue weighted by atomic mass is 16.5. The number of hydrogen-bond donors (Lipinski definition) is 1. The number of anilines is 1. The fourth-order valence-electron chi connectivity index (χ4n) is 2.95. The summed E-state index contributed by atoms with van der Waals surface area (Å²) in [5.74, 6) is 0.103. The summed E-state index contributed by atoms with van der Waals surface area (Å²) in [5.41, 5.74) is 2.02. The highest BCUT2D eigenvalue weighted by Gasteiger charge is 2.23. The summed E-state index contributed by atoms with van der Waals surface area (Å²) in [6.07, 6.45) is 1.46. The number of esters is 1. The summed E-state index contributed by atoms with van der Waals surface area (Å²) >= 11 is 0. The van der Waals surface area contributed by atoms with Crippen molar-refractivity contribution in [1.29, 1.82) is 0 Å². The van der Waals surface area contributed by atoms with Crippen LogP contribution in [0, 0.1) is 0 Å². The van der Waals surface area contributed by atoms with E-state index in [4.69, 9.17) is 4.74 Å². The number of carbonyl (C=O) groups excluding carboxylic acids is 2. The van der Waals surface area contributed by atoms with Gasteiger partial charge in [-0.2, -0.15) is 0 Å². The molecule has 1 amide bonds. The predicted octanol–water partition coefficient (Wildman–Crippen LogP) is 3.07. The maximum absolute atomic E-state index is 12.6. The molecule has 7 nitrogen and oxygen atoms in total. The number of amides is 1. The molecule has 3 aromatic rings. The van der Waals surface area contributed by atoms with E-state index in [9.17, 15) is 9.59 Å². The van der Waals surface area contributed by atoms with Gasteiger partial charge in [0.15, 0.2) is 5.82 Å². The minimum atomic E-state index is -0.526. The molecule has 0 saturated carbocycles. The SMILES string of the molecule is CCOC(=O)c1cnc(-c2ccccc2)nc1N(CC(=O)NC)Cc1ccccc1. The van der Waals surface area contributed by atoms with Crippen molar-refractivity contribution in [3.05, 3.63) is 78.0 Å². The highest BCUT2D eigenvalue weighted by molar-refractivity contribution is 5.95. The van der Waals surface area contributed by atoms with E-state index in [0.717, 1.165) is 11.1 Å². The molecule has 7 heteroatoms. The molecule has 1 N–H and O–H groups in total. The van der Waals surface area contributed by atoms with Crippen molar-refractivity contribution in [3.63, 3.8) is 0 Å². The van der Waals surface area contributed by atoms with E-state index in [1.54, 1.807) is 18.9 Å². The average Bonchev–Trinajstić information content (AvgIpc) is 2.79. The maximum Gasteiger partial charge on any atom is 0.343 e. The summed E-state index contributed by atoms with van der Waals surface area (Å²) in [5, 5.41) is 2.63. The van der Waals surface area contributed by atoms with Crippen LogP contribution in [0.4, 0.5) is 5.82 Å². The normalized spacial score (nSPS) is 10.3. The van der Waals surface area contributed by atoms with Crippen molar-refractivity contribution < 1.29 is 14.3 Å². The Morgan fingerprint density at radius 2 is 1.70 bits per heavy atom. The lowest BCUT2D eigenvalue weighted by Crippen LogP contribution is -2.37. The summed E-state index contributed by atoms with van der Waals surface area (Å²) in [4.78, 5) is 35.6. The van der Waals surface area contributed by atoms with Crippen molar-refractivity contribution in [1.82, 2.24) is 15.3 Å². The van der Waals surface area contributed by atoms with Crippen LogP contribution in [0.15, 0.2) is 66.9 Å². The van der Waals surface area contributed by atoms with Crippen molar-refractivity contribution in [2.45, 2.75) is 13.5 Å². The highest BCUT2D eigenvalue weighted by Crippen LogP contribution is 2.24. The van der Waals surface area contributed by atoms with Gasteiger partial charge in [0.1, 0.15) is 11.4 Å². The fourth-order valence-corrected chi connectivity index (χ4v) is 2.95. The molecule has 30 heavy (non-hydrogen) atoms. The number of nitrogens with zero attached hydrogens (tertiary/aromatic N) is 3. The standard InChI is InChI=1S/C23H24N4O3/c1-3-30-23(29)19-14-25-21(18-12-8-5-9-13-18)26-22(19)27(16-20(28)24-2)15-17-10-6-4-7-11-17/h4-14H,3,15-16H2,1-2H3,(H,24,28). The number of aromatic nitrogens is 2. The molecule has 0 unspecified atom stereocenters. The topological polar surface area (TPSA) is 84.4 Å². The Morgan fingerprint density at radius 1 is 1.03 bits per heavy atom. The zero-order valence-corrected chi connectivity index (χ0v) is 17.0. The van der Waals surface area contributed by atoms with E-state index in [-0.39, 0.29) is 24.6 Å². The van der Waals surface area contributed by atoms with Crippen LogP contribution in [0.3, 0.4) is 0 Å². The van der Waals surface area contributed by atoms with Crippen molar-refractivity contribution in [3.8, 4) is 11.4 Å². The molecule has 0 bridgehead atoms. The van der Waals surface area contributed by atoms with Gasteiger partial charge in [-0.1, -0.05) is 60.7 Å². The van der Waals surface area contributed by atoms with Crippen LogP contribution in [0.1, 0.15) is 22.8 Å². The maximum atomic E-state index is 12.6. The van der Waals surface area contributed by atoms with E-state index in [1.165, 1.54) is 6.20 Å². The van der Waals surface area contributed by atoms with Gasteiger partial charge >= 0.3 is 5.97 Å². The van der Waals surface area contributed by atoms with Crippen LogP contribution in [-0.2, 0) is 16.1 Å². The third-order valence-corrected chi connectivity index (χ3v) is 4.43. The molecule has 0 fully saturated rings. The van der Waals surface area contributed by atoms with Gasteiger partial charge in [0, 0.05) is 25.4 Å². The first kappa shape index (κ1) is 21.0. The summed E-state index contributed by atoms with van der Waals surface area (Å²) in [6, 6.07) is 19.2. The predicted molar refractivity (Wildman–Crippen MR) is 115 cm³/mol. The van der Waals surface area contributed by atoms with Gasteiger partial charge in [0.2, 0.25) is 5.91 Å². The number of benzene rings is 2. The van der Waals surface area contributed by atoms with Gasteiger partial charge in [-0.15, -0.1) is 0 Å². The summed E-state index contributed by atoms with van der Waals surface area (Å²) < 4.78 is 5.20. The lowest BCUT2D eigenvalue weighted by atomic mass is 10.1. The van der Waals surface area contributed by atoms with E-state index in [1.807, 2.05) is 60.7 Å². The smallest absolute Gasteiger partial charge is 0.343 e. The third kappa shape index (κ3) is 5.20. The molecule has 1 heterocycles. The van der Waals surface area contributed by atoms with Crippen LogP contribution in [0.5, 0.6) is 0 Å². The largest absolute Gasteiger partial charge is 0.462 e. The first-order valence-corrected chi connectivity index (χ1v) is 9.71. The minimum absolute atomic E-state index is 0.0308. The number of likely N-dealkylation sites (N-methyl/N-ethyl adjacent to an activating group) is 1. The molecule has 0 saturated heterocycles. The van der Waals surface area contributed by atoms with Crippen LogP contribution in [0.2, 0.25) is 0 Å². The summed E-state index contributed by atoms with van der Waals surface area (Å²) in [6.45, 7) is 2.39. The molecular weight excluding hydrogens is 380 g/mol. The Hall–Kier alpha value is -3.74. The Kier molecular flexibility index (Phi) is 7.10. The molecule has 0 radical (unpaired) electrons. The zero-order chi connectivity index (χ0) is 21.3. The second kappa shape index (κ2) is 10.2. The van der Waals surface area contributed by atoms with E-state index < -0.39 is 5.97 Å². The molecule has 0 aliphatic carbocycles. The van der Waals surface area contributed by atoms with Gasteiger partial charge in [-0.05, 0) is 12.5 Å². The van der Waals surface area contributed by atoms with E-state index in [2.05, 4.69) is 15.3 Å². The molecule has 0 aliphatic rings. The average molecular weight is 404 g/mol. The van der Waals surface area contributed by atoms with Gasteiger partial charge in [0.05, 0.1) is 13.2 Å². The van der Waals surface area contributed by atoms with Gasteiger partial charge in [-0.3, -0.25) is 4.79 Å². The van der Waals surface area contributed by atoms with E-state index >= 15 is 0 Å². The molecule has 154 valence electrons. The van der Waals surface area contributed by atoms with Crippen LogP contribution >= 0.6 is 0 Å². The van der Waals surface area contributed by atoms with Crippen molar-refractivity contribution in [2.75, 3.05) is 25.1 Å². The molecule has 0 aliphatic heterocycles. The van der Waals surface area contributed by atoms with Gasteiger partial charge < -0.3 is 15.0 Å². The Balaban J connectivity index is 2.09. The number of hydrogen-bond acceptors (Lipinski definition) is 6. The zero-order valence-electron chi connectivity index (χ0n) is 17.0. The first-order chi connectivity index (χ1) is 14.6. The van der Waals surface area contributed by atoms with Gasteiger partial charge in [-0.25, -0.2) is 14.8 Å². The summed E-state index contributed by atoms with van der Waals surface area (Å²) in [7, 11) is 1.57. The van der Waals surface area contributed by atoms with Crippen LogP contribution < -0.4 is 10.2 Å². The molecule has 3 rings (SSSR count). The quantitative estimate of drug-likeness (QED) is 0.581. The van der Waals surface area contributed by atoms with Crippen molar-refractivity contribution in [2.24, 2.45) is 0 Å². The molecule has 0 spiro atoms. The molecule has 0 atom stereocenters. The fraction of sp³-hybridized carbons (Fsp3) is 0.217. The van der Waals surface area contributed by atoms with Crippen LogP contribution in [-0.4, -0.2) is 42.0 Å². The van der Waals surface area contributed by atoms with Crippen molar-refractivity contribution >= 4 is 17.7 Å². The molecule has 1 aromatic heterocycles. The number of nitrogens with one attached hydrogen (secondary N) is 1. The van der Waals surface area contributed by atoms with Gasteiger partial charge in [0.25, 0.3) is 0 Å². The Morgan fingerprint density at radius 3 is 2.33 bits per heavy atom. The lowest BCUT2D eigenvalue weighted by Gasteiger charge is -2.25. The third-order valence-electron chi connectivity index (χ3n) is 4.43. The molecule has 2 aromatic carbocycles. The number of rotatable bonds is 8. The lowest BCUT2D eigenvalue weighted by molar-refractivity contribution is -0.119. The molecular formula is C23H24N4O3. The minimum Gasteiger partial charge on any atom is -0.462 e. The first-order valence-electron chi connectivity index (χ1n) is 9.71. The monoisotopic (exact) mass is 404 g/mol. The number of carbonyl (C=O) groups is 2. The Bertz CT molecular complexity index is 994. The van der Waals surface area contributed by atoms with Crippen LogP contribution in [0.25, 0.3) is 11.4 Å². The second-order valence-corrected chi connectivity index (χ2v) is 6.53. The Labute approximate surface area is 175 Å². The second-order valence-electron chi connectivity index (χ2n) is 6.53. The number of ether oxygens (including phenoxy) is 1. The van der Waals surface area contributed by atoms with E-state index in [0.29, 0.717) is 18.2 Å².